The van der Waals surface area contributed by atoms with Gasteiger partial charge in [-0.2, -0.15) is 0 Å². The number of hydrogen-bond acceptors (Lipinski definition) is 3. The van der Waals surface area contributed by atoms with E-state index in [9.17, 15) is 4.79 Å². The average molecular weight is 261 g/mol. The Hall–Kier alpha value is -1.71. The van der Waals surface area contributed by atoms with E-state index in [0.29, 0.717) is 11.7 Å². The van der Waals surface area contributed by atoms with Crippen LogP contribution in [0.1, 0.15) is 36.0 Å². The highest BCUT2D eigenvalue weighted by molar-refractivity contribution is 5.93. The van der Waals surface area contributed by atoms with Crippen LogP contribution in [0.3, 0.4) is 0 Å². The highest BCUT2D eigenvalue weighted by atomic mass is 16.5. The highest BCUT2D eigenvalue weighted by Crippen LogP contribution is 2.48. The second-order valence-corrected chi connectivity index (χ2v) is 5.80. The molecule has 4 heteroatoms. The van der Waals surface area contributed by atoms with Crippen LogP contribution in [0, 0.1) is 17.8 Å². The Morgan fingerprint density at radius 1 is 1.37 bits per heavy atom. The maximum Gasteiger partial charge on any atom is 0.337 e. The second kappa shape index (κ2) is 4.76. The zero-order valence-corrected chi connectivity index (χ0v) is 10.8. The summed E-state index contributed by atoms with van der Waals surface area (Å²) in [4.78, 5) is 10.9. The average Bonchev–Trinajstić information content (AvgIpc) is 2.98. The molecule has 4 nitrogen and oxygen atoms in total. The molecule has 0 radical (unpaired) electrons. The van der Waals surface area contributed by atoms with Crippen LogP contribution in [-0.4, -0.2) is 17.7 Å². The topological polar surface area (TPSA) is 72.5 Å². The molecule has 102 valence electrons. The van der Waals surface area contributed by atoms with Crippen LogP contribution in [0.25, 0.3) is 0 Å². The number of hydrogen-bond donors (Lipinski definition) is 2. The summed E-state index contributed by atoms with van der Waals surface area (Å²) in [7, 11) is 0. The first kappa shape index (κ1) is 12.3. The molecule has 0 saturated heterocycles. The lowest BCUT2D eigenvalue weighted by Gasteiger charge is -2.21. The molecular formula is C15H19NO3. The van der Waals surface area contributed by atoms with Gasteiger partial charge in [-0.05, 0) is 49.1 Å². The quantitative estimate of drug-likeness (QED) is 0.817. The van der Waals surface area contributed by atoms with Gasteiger partial charge in [0.2, 0.25) is 0 Å². The van der Waals surface area contributed by atoms with Gasteiger partial charge >= 0.3 is 5.97 Å². The molecule has 3 unspecified atom stereocenters. The number of carboxylic acids is 1. The Bertz CT molecular complexity index is 500. The van der Waals surface area contributed by atoms with Gasteiger partial charge in [0, 0.05) is 11.8 Å². The summed E-state index contributed by atoms with van der Waals surface area (Å²) in [6, 6.07) is 4.80. The zero-order valence-electron chi connectivity index (χ0n) is 10.8. The van der Waals surface area contributed by atoms with Gasteiger partial charge in [-0.25, -0.2) is 4.79 Å². The number of carboxylic acid groups (broad SMARTS) is 1. The van der Waals surface area contributed by atoms with Crippen molar-refractivity contribution < 1.29 is 14.6 Å². The predicted octanol–water partition coefficient (Wildman–Crippen LogP) is 2.78. The number of rotatable bonds is 4. The van der Waals surface area contributed by atoms with E-state index in [2.05, 4.69) is 0 Å². The zero-order chi connectivity index (χ0) is 13.4. The summed E-state index contributed by atoms with van der Waals surface area (Å²) in [6.45, 7) is 0.729. The minimum absolute atomic E-state index is 0.132. The number of aromatic carboxylic acids is 1. The molecule has 0 aliphatic heterocycles. The van der Waals surface area contributed by atoms with Crippen molar-refractivity contribution >= 4 is 11.7 Å². The van der Waals surface area contributed by atoms with E-state index in [1.54, 1.807) is 12.1 Å². The van der Waals surface area contributed by atoms with E-state index in [1.165, 1.54) is 31.7 Å². The van der Waals surface area contributed by atoms with Gasteiger partial charge in [0.05, 0.1) is 12.2 Å². The summed E-state index contributed by atoms with van der Waals surface area (Å²) in [5, 5.41) is 8.91. The largest absolute Gasteiger partial charge is 0.493 e. The number of nitrogen functional groups attached to an aromatic ring is 1. The predicted molar refractivity (Wildman–Crippen MR) is 72.2 cm³/mol. The van der Waals surface area contributed by atoms with Gasteiger partial charge in [-0.1, -0.05) is 6.42 Å². The van der Waals surface area contributed by atoms with E-state index in [-0.39, 0.29) is 11.3 Å². The maximum absolute atomic E-state index is 10.9. The van der Waals surface area contributed by atoms with Crippen LogP contribution in [0.5, 0.6) is 5.75 Å². The summed E-state index contributed by atoms with van der Waals surface area (Å²) in [5.74, 6) is 2.08. The molecule has 0 spiro atoms. The Morgan fingerprint density at radius 2 is 2.21 bits per heavy atom. The molecule has 2 bridgehead atoms. The number of benzene rings is 1. The SMILES string of the molecule is Nc1cc(OCC2CC3CCC2C3)ccc1C(=O)O. The summed E-state index contributed by atoms with van der Waals surface area (Å²) < 4.78 is 5.79. The fraction of sp³-hybridized carbons (Fsp3) is 0.533. The van der Waals surface area contributed by atoms with Gasteiger partial charge in [0.1, 0.15) is 5.75 Å². The maximum atomic E-state index is 10.9. The lowest BCUT2D eigenvalue weighted by Crippen LogP contribution is -2.18. The van der Waals surface area contributed by atoms with Crippen molar-refractivity contribution in [2.24, 2.45) is 17.8 Å². The summed E-state index contributed by atoms with van der Waals surface area (Å²) in [6.07, 6.45) is 5.39. The van der Waals surface area contributed by atoms with E-state index in [4.69, 9.17) is 15.6 Å². The molecule has 2 fully saturated rings. The molecule has 3 N–H and O–H groups in total. The van der Waals surface area contributed by atoms with Gasteiger partial charge in [-0.15, -0.1) is 0 Å². The van der Waals surface area contributed by atoms with Crippen molar-refractivity contribution in [1.82, 2.24) is 0 Å². The normalized spacial score (nSPS) is 28.5. The van der Waals surface area contributed by atoms with Crippen molar-refractivity contribution in [2.75, 3.05) is 12.3 Å². The van der Waals surface area contributed by atoms with E-state index < -0.39 is 5.97 Å². The summed E-state index contributed by atoms with van der Waals surface area (Å²) >= 11 is 0. The van der Waals surface area contributed by atoms with Crippen LogP contribution in [0.4, 0.5) is 5.69 Å². The Labute approximate surface area is 112 Å². The van der Waals surface area contributed by atoms with E-state index >= 15 is 0 Å². The minimum Gasteiger partial charge on any atom is -0.493 e. The van der Waals surface area contributed by atoms with Crippen LogP contribution < -0.4 is 10.5 Å². The second-order valence-electron chi connectivity index (χ2n) is 5.80. The molecule has 3 atom stereocenters. The molecule has 1 aromatic rings. The standard InChI is InChI=1S/C15H19NO3/c16-14-7-12(3-4-13(14)15(17)18)19-8-11-6-9-1-2-10(11)5-9/h3-4,7,9-11H,1-2,5-6,8,16H2,(H,17,18). The lowest BCUT2D eigenvalue weighted by atomic mass is 9.89. The van der Waals surface area contributed by atoms with E-state index in [0.717, 1.165) is 18.4 Å². The van der Waals surface area contributed by atoms with Crippen molar-refractivity contribution in [3.05, 3.63) is 23.8 Å². The smallest absolute Gasteiger partial charge is 0.337 e. The highest BCUT2D eigenvalue weighted by Gasteiger charge is 2.39. The van der Waals surface area contributed by atoms with Crippen LogP contribution in [0.2, 0.25) is 0 Å². The molecule has 2 aliphatic rings. The fourth-order valence-electron chi connectivity index (χ4n) is 3.61. The number of carbonyl (C=O) groups is 1. The molecule has 2 aliphatic carbocycles. The first-order valence-corrected chi connectivity index (χ1v) is 6.89. The third-order valence-electron chi connectivity index (χ3n) is 4.60. The minimum atomic E-state index is -1.00. The van der Waals surface area contributed by atoms with Crippen molar-refractivity contribution in [3.63, 3.8) is 0 Å². The van der Waals surface area contributed by atoms with Crippen LogP contribution >= 0.6 is 0 Å². The first-order valence-electron chi connectivity index (χ1n) is 6.89. The molecule has 0 heterocycles. The van der Waals surface area contributed by atoms with Crippen LogP contribution in [-0.2, 0) is 0 Å². The molecule has 2 saturated carbocycles. The van der Waals surface area contributed by atoms with Crippen LogP contribution in [0.15, 0.2) is 18.2 Å². The number of fused-ring (bicyclic) bond motifs is 2. The van der Waals surface area contributed by atoms with Crippen molar-refractivity contribution in [3.8, 4) is 5.75 Å². The Morgan fingerprint density at radius 3 is 2.79 bits per heavy atom. The van der Waals surface area contributed by atoms with Gasteiger partial charge in [0.25, 0.3) is 0 Å². The Kier molecular flexibility index (Phi) is 3.09. The monoisotopic (exact) mass is 261 g/mol. The first-order chi connectivity index (χ1) is 9.13. The van der Waals surface area contributed by atoms with Gasteiger partial charge in [0.15, 0.2) is 0 Å². The third-order valence-corrected chi connectivity index (χ3v) is 4.60. The molecule has 19 heavy (non-hydrogen) atoms. The fourth-order valence-corrected chi connectivity index (χ4v) is 3.61. The van der Waals surface area contributed by atoms with Gasteiger partial charge in [-0.3, -0.25) is 0 Å². The lowest BCUT2D eigenvalue weighted by molar-refractivity contribution is 0.0698. The molecular weight excluding hydrogens is 242 g/mol. The summed E-state index contributed by atoms with van der Waals surface area (Å²) in [5.41, 5.74) is 6.10. The van der Waals surface area contributed by atoms with Crippen molar-refractivity contribution in [2.45, 2.75) is 25.7 Å². The van der Waals surface area contributed by atoms with Gasteiger partial charge < -0.3 is 15.6 Å². The molecule has 3 rings (SSSR count). The number of nitrogens with two attached hydrogens (primary N) is 1. The third kappa shape index (κ3) is 2.39. The number of anilines is 1. The molecule has 0 aromatic heterocycles. The molecule has 1 aromatic carbocycles. The number of ether oxygens (including phenoxy) is 1. The molecule has 0 amide bonds. The Balaban J connectivity index is 1.61. The van der Waals surface area contributed by atoms with Crippen molar-refractivity contribution in [1.29, 1.82) is 0 Å². The van der Waals surface area contributed by atoms with E-state index in [1.807, 2.05) is 0 Å².